The van der Waals surface area contributed by atoms with Gasteiger partial charge in [-0.3, -0.25) is 0 Å². The highest BCUT2D eigenvalue weighted by Gasteiger charge is 2.41. The SMILES string of the molecule is CCOC(=O)C(C)(OS(C)(=O)=O)c1ccc(C)cc1. The summed E-state index contributed by atoms with van der Waals surface area (Å²) in [7, 11) is -3.80. The van der Waals surface area contributed by atoms with Crippen molar-refractivity contribution in [1.29, 1.82) is 0 Å². The van der Waals surface area contributed by atoms with Crippen LogP contribution in [0.1, 0.15) is 25.0 Å². The molecular weight excluding hydrogens is 268 g/mol. The summed E-state index contributed by atoms with van der Waals surface area (Å²) in [5.41, 5.74) is -0.242. The average molecular weight is 286 g/mol. The number of rotatable bonds is 5. The van der Waals surface area contributed by atoms with Gasteiger partial charge in [0.05, 0.1) is 12.9 Å². The van der Waals surface area contributed by atoms with E-state index in [9.17, 15) is 13.2 Å². The summed E-state index contributed by atoms with van der Waals surface area (Å²) in [4.78, 5) is 12.0. The van der Waals surface area contributed by atoms with Gasteiger partial charge in [0.25, 0.3) is 10.1 Å². The van der Waals surface area contributed by atoms with Crippen molar-refractivity contribution in [3.05, 3.63) is 35.4 Å². The van der Waals surface area contributed by atoms with Gasteiger partial charge in [-0.05, 0) is 26.3 Å². The topological polar surface area (TPSA) is 69.7 Å². The lowest BCUT2D eigenvalue weighted by Gasteiger charge is -2.26. The van der Waals surface area contributed by atoms with Crippen LogP contribution in [0.4, 0.5) is 0 Å². The Bertz CT molecular complexity index is 547. The second kappa shape index (κ2) is 5.71. The van der Waals surface area contributed by atoms with Crippen LogP contribution in [0.25, 0.3) is 0 Å². The van der Waals surface area contributed by atoms with Gasteiger partial charge in [0.2, 0.25) is 5.60 Å². The van der Waals surface area contributed by atoms with Gasteiger partial charge in [0.15, 0.2) is 0 Å². The lowest BCUT2D eigenvalue weighted by molar-refractivity contribution is -0.160. The van der Waals surface area contributed by atoms with E-state index >= 15 is 0 Å². The van der Waals surface area contributed by atoms with Crippen molar-refractivity contribution in [3.63, 3.8) is 0 Å². The Hall–Kier alpha value is -1.40. The molecule has 106 valence electrons. The van der Waals surface area contributed by atoms with Gasteiger partial charge in [0, 0.05) is 0 Å². The molecule has 1 rings (SSSR count). The van der Waals surface area contributed by atoms with Gasteiger partial charge in [-0.2, -0.15) is 8.42 Å². The van der Waals surface area contributed by atoms with Crippen molar-refractivity contribution in [2.45, 2.75) is 26.4 Å². The van der Waals surface area contributed by atoms with Gasteiger partial charge in [-0.25, -0.2) is 8.98 Å². The third-order valence-electron chi connectivity index (χ3n) is 2.59. The monoisotopic (exact) mass is 286 g/mol. The first-order valence-electron chi connectivity index (χ1n) is 5.84. The molecule has 0 aromatic heterocycles. The van der Waals surface area contributed by atoms with Gasteiger partial charge < -0.3 is 4.74 Å². The highest BCUT2D eigenvalue weighted by atomic mass is 32.2. The minimum Gasteiger partial charge on any atom is -0.464 e. The first kappa shape index (κ1) is 15.7. The fourth-order valence-electron chi connectivity index (χ4n) is 1.64. The van der Waals surface area contributed by atoms with Crippen molar-refractivity contribution in [2.75, 3.05) is 12.9 Å². The third-order valence-corrected chi connectivity index (χ3v) is 3.22. The minimum absolute atomic E-state index is 0.146. The zero-order valence-electron chi connectivity index (χ0n) is 11.5. The molecule has 5 nitrogen and oxygen atoms in total. The number of benzene rings is 1. The number of aryl methyl sites for hydroxylation is 1. The van der Waals surface area contributed by atoms with Crippen LogP contribution >= 0.6 is 0 Å². The second-order valence-corrected chi connectivity index (χ2v) is 5.98. The molecule has 6 heteroatoms. The molecule has 0 aliphatic heterocycles. The maximum atomic E-state index is 12.0. The number of carbonyl (C=O) groups is 1. The van der Waals surface area contributed by atoms with Crippen LogP contribution in [0.15, 0.2) is 24.3 Å². The van der Waals surface area contributed by atoms with Crippen LogP contribution in [-0.4, -0.2) is 27.2 Å². The molecule has 0 saturated carbocycles. The Morgan fingerprint density at radius 1 is 1.26 bits per heavy atom. The van der Waals surface area contributed by atoms with Gasteiger partial charge in [0.1, 0.15) is 0 Å². The van der Waals surface area contributed by atoms with Gasteiger partial charge in [-0.15, -0.1) is 0 Å². The fourth-order valence-corrected chi connectivity index (χ4v) is 2.41. The molecule has 1 aromatic rings. The van der Waals surface area contributed by atoms with E-state index < -0.39 is 21.7 Å². The Morgan fingerprint density at radius 2 is 1.79 bits per heavy atom. The van der Waals surface area contributed by atoms with E-state index in [1.165, 1.54) is 6.92 Å². The summed E-state index contributed by atoms with van der Waals surface area (Å²) < 4.78 is 32.6. The van der Waals surface area contributed by atoms with Crippen LogP contribution in [0.3, 0.4) is 0 Å². The number of esters is 1. The van der Waals surface area contributed by atoms with Crippen molar-refractivity contribution >= 4 is 16.1 Å². The normalized spacial score (nSPS) is 14.7. The predicted molar refractivity (Wildman–Crippen MR) is 71.1 cm³/mol. The van der Waals surface area contributed by atoms with Crippen molar-refractivity contribution in [2.24, 2.45) is 0 Å². The smallest absolute Gasteiger partial charge is 0.344 e. The Labute approximate surface area is 113 Å². The van der Waals surface area contributed by atoms with Crippen LogP contribution in [0.2, 0.25) is 0 Å². The molecule has 0 amide bonds. The molecule has 0 N–H and O–H groups in total. The van der Waals surface area contributed by atoms with E-state index in [0.717, 1.165) is 11.8 Å². The van der Waals surface area contributed by atoms with Crippen LogP contribution in [0, 0.1) is 6.92 Å². The maximum absolute atomic E-state index is 12.0. The third kappa shape index (κ3) is 4.04. The van der Waals surface area contributed by atoms with E-state index in [-0.39, 0.29) is 6.61 Å². The van der Waals surface area contributed by atoms with Crippen molar-refractivity contribution < 1.29 is 22.1 Å². The molecule has 1 atom stereocenters. The highest BCUT2D eigenvalue weighted by Crippen LogP contribution is 2.29. The molecule has 19 heavy (non-hydrogen) atoms. The molecule has 0 fully saturated rings. The van der Waals surface area contributed by atoms with E-state index in [1.54, 1.807) is 31.2 Å². The molecule has 0 aliphatic carbocycles. The summed E-state index contributed by atoms with van der Waals surface area (Å²) in [5, 5.41) is 0. The number of carbonyl (C=O) groups excluding carboxylic acids is 1. The van der Waals surface area contributed by atoms with Gasteiger partial charge >= 0.3 is 5.97 Å². The van der Waals surface area contributed by atoms with Gasteiger partial charge in [-0.1, -0.05) is 29.8 Å². The highest BCUT2D eigenvalue weighted by molar-refractivity contribution is 7.86. The first-order chi connectivity index (χ1) is 8.69. The largest absolute Gasteiger partial charge is 0.464 e. The maximum Gasteiger partial charge on any atom is 0.344 e. The Balaban J connectivity index is 3.25. The van der Waals surface area contributed by atoms with Crippen LogP contribution < -0.4 is 0 Å². The summed E-state index contributed by atoms with van der Waals surface area (Å²) in [5.74, 6) is -0.732. The molecule has 0 radical (unpaired) electrons. The Morgan fingerprint density at radius 3 is 2.21 bits per heavy atom. The quantitative estimate of drug-likeness (QED) is 0.609. The number of hydrogen-bond donors (Lipinski definition) is 0. The second-order valence-electron chi connectivity index (χ2n) is 4.41. The number of ether oxygens (including phenoxy) is 1. The molecule has 0 spiro atoms. The van der Waals surface area contributed by atoms with Crippen LogP contribution in [-0.2, 0) is 29.4 Å². The lowest BCUT2D eigenvalue weighted by atomic mass is 9.95. The zero-order chi connectivity index (χ0) is 14.7. The van der Waals surface area contributed by atoms with E-state index in [2.05, 4.69) is 0 Å². The molecular formula is C13H18O5S. The molecule has 1 unspecified atom stereocenters. The molecule has 0 saturated heterocycles. The Kier molecular flexibility index (Phi) is 4.70. The minimum atomic E-state index is -3.80. The van der Waals surface area contributed by atoms with E-state index in [1.807, 2.05) is 6.92 Å². The molecule has 0 bridgehead atoms. The first-order valence-corrected chi connectivity index (χ1v) is 7.65. The molecule has 0 heterocycles. The van der Waals surface area contributed by atoms with Crippen molar-refractivity contribution in [1.82, 2.24) is 0 Å². The molecule has 0 aliphatic rings. The summed E-state index contributed by atoms with van der Waals surface area (Å²) in [6, 6.07) is 6.85. The average Bonchev–Trinajstić information content (AvgIpc) is 2.27. The summed E-state index contributed by atoms with van der Waals surface area (Å²) in [6.07, 6.45) is 0.901. The predicted octanol–water partition coefficient (Wildman–Crippen LogP) is 1.75. The van der Waals surface area contributed by atoms with E-state index in [0.29, 0.717) is 5.56 Å². The lowest BCUT2D eigenvalue weighted by Crippen LogP contribution is -2.39. The summed E-state index contributed by atoms with van der Waals surface area (Å²) >= 11 is 0. The summed E-state index contributed by atoms with van der Waals surface area (Å²) in [6.45, 7) is 5.07. The van der Waals surface area contributed by atoms with Crippen molar-refractivity contribution in [3.8, 4) is 0 Å². The van der Waals surface area contributed by atoms with E-state index in [4.69, 9.17) is 8.92 Å². The molecule has 1 aromatic carbocycles. The fraction of sp³-hybridized carbons (Fsp3) is 0.462. The van der Waals surface area contributed by atoms with Crippen LogP contribution in [0.5, 0.6) is 0 Å². The number of hydrogen-bond acceptors (Lipinski definition) is 5. The standard InChI is InChI=1S/C13H18O5S/c1-5-17-12(14)13(3,18-19(4,15)16)11-8-6-10(2)7-9-11/h6-9H,5H2,1-4H3. The zero-order valence-corrected chi connectivity index (χ0v) is 12.3.